The molecule has 2 aromatic carbocycles. The van der Waals surface area contributed by atoms with Crippen molar-refractivity contribution in [3.8, 4) is 28.0 Å². The lowest BCUT2D eigenvalue weighted by molar-refractivity contribution is 0.000159. The maximum absolute atomic E-state index is 14.8. The molecule has 2 aliphatic heterocycles. The number of nitrogens with zero attached hydrogens (tertiary/aromatic N) is 2. The van der Waals surface area contributed by atoms with Crippen LogP contribution >= 0.6 is 0 Å². The zero-order valence-electron chi connectivity index (χ0n) is 18.8. The first-order valence-electron chi connectivity index (χ1n) is 11.3. The number of nitrogens with one attached hydrogen (secondary N) is 1. The molecule has 0 saturated carbocycles. The molecule has 33 heavy (non-hydrogen) atoms. The van der Waals surface area contributed by atoms with Crippen LogP contribution in [0.4, 0.5) is 10.2 Å². The number of carbonyl (C=O) groups is 1. The summed E-state index contributed by atoms with van der Waals surface area (Å²) in [5, 5.41) is 2.84. The van der Waals surface area contributed by atoms with Crippen LogP contribution in [0.5, 0.6) is 5.75 Å². The third-order valence-electron chi connectivity index (χ3n) is 6.42. The molecule has 3 aromatic rings. The van der Waals surface area contributed by atoms with Crippen molar-refractivity contribution >= 4 is 11.7 Å². The minimum atomic E-state index is -0.617. The number of nitrogens with two attached hydrogens (primary N) is 1. The molecule has 0 spiro atoms. The van der Waals surface area contributed by atoms with Gasteiger partial charge in [-0.3, -0.25) is 9.69 Å². The number of carbonyl (C=O) groups excluding carboxylic acids is 1. The summed E-state index contributed by atoms with van der Waals surface area (Å²) in [6.45, 7) is 6.79. The molecule has 1 amide bonds. The summed E-state index contributed by atoms with van der Waals surface area (Å²) in [6.07, 6.45) is 0.930. The number of benzene rings is 2. The van der Waals surface area contributed by atoms with E-state index < -0.39 is 5.95 Å². The van der Waals surface area contributed by atoms with Gasteiger partial charge in [-0.1, -0.05) is 24.3 Å². The van der Waals surface area contributed by atoms with Crippen LogP contribution < -0.4 is 15.8 Å². The molecule has 6 nitrogen and oxygen atoms in total. The van der Waals surface area contributed by atoms with E-state index in [-0.39, 0.29) is 17.8 Å². The van der Waals surface area contributed by atoms with E-state index >= 15 is 0 Å². The highest BCUT2D eigenvalue weighted by Crippen LogP contribution is 2.34. The number of pyridine rings is 1. The minimum Gasteiger partial charge on any atom is -0.488 e. The first kappa shape index (κ1) is 21.4. The highest BCUT2D eigenvalue weighted by molar-refractivity contribution is 5.97. The van der Waals surface area contributed by atoms with Crippen molar-refractivity contribution in [2.24, 2.45) is 0 Å². The number of ether oxygens (including phenoxy) is 1. The van der Waals surface area contributed by atoms with Gasteiger partial charge < -0.3 is 15.8 Å². The number of aromatic nitrogens is 1. The van der Waals surface area contributed by atoms with Gasteiger partial charge in [0.05, 0.1) is 0 Å². The van der Waals surface area contributed by atoms with Gasteiger partial charge in [0.2, 0.25) is 5.95 Å². The lowest BCUT2D eigenvalue weighted by Gasteiger charge is -2.41. The molecule has 170 valence electrons. The van der Waals surface area contributed by atoms with Crippen LogP contribution in [0.1, 0.15) is 29.8 Å². The van der Waals surface area contributed by atoms with E-state index in [1.807, 2.05) is 36.4 Å². The number of rotatable bonds is 5. The second-order valence-electron chi connectivity index (χ2n) is 8.95. The fourth-order valence-electron chi connectivity index (χ4n) is 4.40. The van der Waals surface area contributed by atoms with Crippen LogP contribution in [0.25, 0.3) is 22.3 Å². The zero-order valence-corrected chi connectivity index (χ0v) is 18.8. The Bertz CT molecular complexity index is 1200. The van der Waals surface area contributed by atoms with Crippen LogP contribution in [0.3, 0.4) is 0 Å². The highest BCUT2D eigenvalue weighted by Gasteiger charge is 2.30. The summed E-state index contributed by atoms with van der Waals surface area (Å²) in [4.78, 5) is 18.4. The van der Waals surface area contributed by atoms with E-state index in [1.54, 1.807) is 12.1 Å². The number of halogens is 1. The maximum Gasteiger partial charge on any atom is 0.251 e. The molecule has 1 saturated heterocycles. The lowest BCUT2D eigenvalue weighted by atomic mass is 9.94. The van der Waals surface area contributed by atoms with Crippen LogP contribution in [0, 0.1) is 5.95 Å². The van der Waals surface area contributed by atoms with Crippen LogP contribution in [0.15, 0.2) is 48.5 Å². The molecule has 0 bridgehead atoms. The largest absolute Gasteiger partial charge is 0.488 e. The number of nitrogen functional groups attached to an aromatic ring is 1. The van der Waals surface area contributed by atoms with Gasteiger partial charge in [0.15, 0.2) is 0 Å². The minimum absolute atomic E-state index is 0.0742. The van der Waals surface area contributed by atoms with Crippen molar-refractivity contribution in [3.05, 3.63) is 65.6 Å². The Kier molecular flexibility index (Phi) is 5.50. The molecule has 2 aliphatic rings. The Morgan fingerprint density at radius 1 is 1.06 bits per heavy atom. The summed E-state index contributed by atoms with van der Waals surface area (Å²) in [5.74, 6) is 0.198. The average Bonchev–Trinajstić information content (AvgIpc) is 2.76. The normalized spacial score (nSPS) is 16.3. The highest BCUT2D eigenvalue weighted by atomic mass is 19.1. The summed E-state index contributed by atoms with van der Waals surface area (Å²) in [7, 11) is 0. The van der Waals surface area contributed by atoms with E-state index in [0.717, 1.165) is 36.4 Å². The predicted molar refractivity (Wildman–Crippen MR) is 127 cm³/mol. The topological polar surface area (TPSA) is 80.5 Å². The van der Waals surface area contributed by atoms with Gasteiger partial charge in [-0.15, -0.1) is 0 Å². The van der Waals surface area contributed by atoms with Crippen LogP contribution in [-0.2, 0) is 6.42 Å². The smallest absolute Gasteiger partial charge is 0.251 e. The molecule has 0 radical (unpaired) electrons. The third-order valence-corrected chi connectivity index (χ3v) is 6.42. The van der Waals surface area contributed by atoms with Gasteiger partial charge in [0, 0.05) is 42.4 Å². The van der Waals surface area contributed by atoms with Gasteiger partial charge in [-0.2, -0.15) is 4.39 Å². The lowest BCUT2D eigenvalue weighted by Crippen LogP contribution is -2.56. The molecule has 0 unspecified atom stereocenters. The summed E-state index contributed by atoms with van der Waals surface area (Å²) in [5.41, 5.74) is 10.2. The van der Waals surface area contributed by atoms with Crippen molar-refractivity contribution in [1.29, 1.82) is 0 Å². The molecule has 5 rings (SSSR count). The SMILES string of the molecule is CC(C)N1CC(Oc2ccc(-c3cc(-c4ccc5c(c4)CCNC5=O)c(N)nc3F)cc2)C1. The summed E-state index contributed by atoms with van der Waals surface area (Å²) in [6, 6.07) is 15.2. The van der Waals surface area contributed by atoms with Gasteiger partial charge >= 0.3 is 0 Å². The second kappa shape index (κ2) is 8.48. The van der Waals surface area contributed by atoms with Crippen LogP contribution in [0.2, 0.25) is 0 Å². The molecule has 3 heterocycles. The summed E-state index contributed by atoms with van der Waals surface area (Å²) < 4.78 is 20.8. The van der Waals surface area contributed by atoms with E-state index in [9.17, 15) is 9.18 Å². The predicted octanol–water partition coefficient (Wildman–Crippen LogP) is 3.89. The van der Waals surface area contributed by atoms with E-state index in [0.29, 0.717) is 34.8 Å². The number of hydrogen-bond donors (Lipinski definition) is 2. The fraction of sp³-hybridized carbons (Fsp3) is 0.308. The van der Waals surface area contributed by atoms with Gasteiger partial charge in [0.1, 0.15) is 17.7 Å². The Morgan fingerprint density at radius 2 is 1.79 bits per heavy atom. The molecule has 3 N–H and O–H groups in total. The van der Waals surface area contributed by atoms with E-state index in [1.165, 1.54) is 0 Å². The quantitative estimate of drug-likeness (QED) is 0.581. The molecular formula is C26H27FN4O2. The molecule has 1 aromatic heterocycles. The van der Waals surface area contributed by atoms with Crippen molar-refractivity contribution in [1.82, 2.24) is 15.2 Å². The number of amides is 1. The number of fused-ring (bicyclic) bond motifs is 1. The molecule has 0 atom stereocenters. The van der Waals surface area contributed by atoms with Crippen molar-refractivity contribution < 1.29 is 13.9 Å². The summed E-state index contributed by atoms with van der Waals surface area (Å²) >= 11 is 0. The second-order valence-corrected chi connectivity index (χ2v) is 8.95. The number of hydrogen-bond acceptors (Lipinski definition) is 5. The van der Waals surface area contributed by atoms with E-state index in [2.05, 4.69) is 29.0 Å². The van der Waals surface area contributed by atoms with Gasteiger partial charge in [-0.25, -0.2) is 4.98 Å². The number of likely N-dealkylation sites (tertiary alicyclic amines) is 1. The van der Waals surface area contributed by atoms with Crippen LogP contribution in [-0.4, -0.2) is 47.6 Å². The molecule has 0 aliphatic carbocycles. The molecular weight excluding hydrogens is 419 g/mol. The van der Waals surface area contributed by atoms with Gasteiger partial charge in [-0.05, 0) is 61.2 Å². The monoisotopic (exact) mass is 446 g/mol. The first-order chi connectivity index (χ1) is 15.9. The first-order valence-corrected chi connectivity index (χ1v) is 11.3. The van der Waals surface area contributed by atoms with E-state index in [4.69, 9.17) is 10.5 Å². The maximum atomic E-state index is 14.8. The van der Waals surface area contributed by atoms with Crippen molar-refractivity contribution in [3.63, 3.8) is 0 Å². The molecule has 7 heteroatoms. The van der Waals surface area contributed by atoms with Gasteiger partial charge in [0.25, 0.3) is 5.91 Å². The Morgan fingerprint density at radius 3 is 2.52 bits per heavy atom. The third kappa shape index (κ3) is 4.16. The molecule has 1 fully saturated rings. The van der Waals surface area contributed by atoms with Crippen molar-refractivity contribution in [2.75, 3.05) is 25.4 Å². The standard InChI is InChI=1S/C26H27FN4O2/c1-15(2)31-13-20(14-31)33-19-6-3-16(4-7-19)22-12-23(25(28)30-24(22)27)17-5-8-21-18(11-17)9-10-29-26(21)32/h3-8,11-12,15,20H,9-10,13-14H2,1-2H3,(H2,28,30)(H,29,32). The zero-order chi connectivity index (χ0) is 23.1. The van der Waals surface area contributed by atoms with Crippen molar-refractivity contribution in [2.45, 2.75) is 32.4 Å². The Labute approximate surface area is 192 Å². The fourth-order valence-corrected chi connectivity index (χ4v) is 4.40. The Hall–Kier alpha value is -3.45. The average molecular weight is 447 g/mol. The number of anilines is 1. The Balaban J connectivity index is 1.39.